The van der Waals surface area contributed by atoms with Crippen LogP contribution in [0.25, 0.3) is 0 Å². The van der Waals surface area contributed by atoms with Gasteiger partial charge in [0.15, 0.2) is 0 Å². The molecule has 1 aromatic rings. The number of rotatable bonds is 4. The Kier molecular flexibility index (Phi) is 3.60. The maximum absolute atomic E-state index is 4.03. The lowest BCUT2D eigenvalue weighted by atomic mass is 10.3. The fourth-order valence-corrected chi connectivity index (χ4v) is 0.946. The molecule has 0 saturated heterocycles. The zero-order valence-electron chi connectivity index (χ0n) is 7.56. The van der Waals surface area contributed by atoms with Gasteiger partial charge in [0.2, 0.25) is 0 Å². The Balaban J connectivity index is 2.25. The van der Waals surface area contributed by atoms with Gasteiger partial charge in [-0.05, 0) is 27.1 Å². The van der Waals surface area contributed by atoms with Gasteiger partial charge in [-0.25, -0.2) is 15.0 Å². The molecule has 66 valence electrons. The third kappa shape index (κ3) is 3.39. The fraction of sp³-hybridized carbons (Fsp3) is 0.625. The van der Waals surface area contributed by atoms with E-state index >= 15 is 0 Å². The van der Waals surface area contributed by atoms with Crippen molar-refractivity contribution in [3.05, 3.63) is 18.5 Å². The lowest BCUT2D eigenvalue weighted by Crippen LogP contribution is -2.14. The van der Waals surface area contributed by atoms with Crippen LogP contribution in [0.1, 0.15) is 12.2 Å². The summed E-state index contributed by atoms with van der Waals surface area (Å²) < 4.78 is 0. The van der Waals surface area contributed by atoms with Crippen molar-refractivity contribution in [2.45, 2.75) is 12.8 Å². The summed E-state index contributed by atoms with van der Waals surface area (Å²) in [5, 5.41) is 0. The highest BCUT2D eigenvalue weighted by atomic mass is 15.0. The van der Waals surface area contributed by atoms with Crippen molar-refractivity contribution in [3.8, 4) is 0 Å². The Morgan fingerprint density at radius 1 is 1.25 bits per heavy atom. The first-order valence-corrected chi connectivity index (χ1v) is 4.04. The van der Waals surface area contributed by atoms with E-state index in [0.717, 1.165) is 25.2 Å². The normalized spacial score (nSPS) is 10.6. The summed E-state index contributed by atoms with van der Waals surface area (Å²) in [6.45, 7) is 1.08. The van der Waals surface area contributed by atoms with Gasteiger partial charge in [0, 0.05) is 6.42 Å². The highest BCUT2D eigenvalue weighted by Gasteiger charge is 1.95. The summed E-state index contributed by atoms with van der Waals surface area (Å²) in [5.41, 5.74) is 0. The first-order valence-electron chi connectivity index (χ1n) is 4.04. The van der Waals surface area contributed by atoms with Gasteiger partial charge in [0.1, 0.15) is 18.5 Å². The molecule has 0 spiro atoms. The third-order valence-corrected chi connectivity index (χ3v) is 1.55. The minimum absolute atomic E-state index is 0.881. The number of hydrogen-bond acceptors (Lipinski definition) is 4. The predicted octanol–water partition coefficient (Wildman–Crippen LogP) is 0.366. The molecule has 1 aromatic heterocycles. The van der Waals surface area contributed by atoms with Crippen LogP contribution in [-0.4, -0.2) is 40.5 Å². The second-order valence-corrected chi connectivity index (χ2v) is 2.96. The van der Waals surface area contributed by atoms with Gasteiger partial charge >= 0.3 is 0 Å². The molecule has 1 heterocycles. The number of hydrogen-bond donors (Lipinski definition) is 0. The maximum atomic E-state index is 4.03. The Bertz CT molecular complexity index is 210. The molecule has 0 unspecified atom stereocenters. The molecule has 0 amide bonds. The van der Waals surface area contributed by atoms with Gasteiger partial charge in [-0.15, -0.1) is 0 Å². The SMILES string of the molecule is CN(C)CCCc1ncncn1. The van der Waals surface area contributed by atoms with Crippen LogP contribution < -0.4 is 0 Å². The lowest BCUT2D eigenvalue weighted by molar-refractivity contribution is 0.398. The highest BCUT2D eigenvalue weighted by Crippen LogP contribution is 1.93. The molecule has 0 aromatic carbocycles. The molecule has 1 rings (SSSR count). The van der Waals surface area contributed by atoms with E-state index in [1.807, 2.05) is 0 Å². The number of aryl methyl sites for hydroxylation is 1. The largest absolute Gasteiger partial charge is 0.309 e. The van der Waals surface area contributed by atoms with E-state index in [-0.39, 0.29) is 0 Å². The molecule has 0 aliphatic carbocycles. The van der Waals surface area contributed by atoms with Crippen LogP contribution in [0.3, 0.4) is 0 Å². The van der Waals surface area contributed by atoms with Crippen LogP contribution in [-0.2, 0) is 6.42 Å². The molecule has 0 saturated carbocycles. The Hall–Kier alpha value is -1.03. The second-order valence-electron chi connectivity index (χ2n) is 2.96. The fourth-order valence-electron chi connectivity index (χ4n) is 0.946. The van der Waals surface area contributed by atoms with Crippen molar-refractivity contribution in [3.63, 3.8) is 0 Å². The Morgan fingerprint density at radius 2 is 1.92 bits per heavy atom. The highest BCUT2D eigenvalue weighted by molar-refractivity contribution is 4.81. The van der Waals surface area contributed by atoms with Crippen LogP contribution >= 0.6 is 0 Å². The van der Waals surface area contributed by atoms with Crippen LogP contribution in [0.15, 0.2) is 12.7 Å². The summed E-state index contributed by atoms with van der Waals surface area (Å²) in [5.74, 6) is 0.881. The van der Waals surface area contributed by atoms with E-state index < -0.39 is 0 Å². The molecular formula is C8H14N4. The molecule has 0 bridgehead atoms. The van der Waals surface area contributed by atoms with Gasteiger partial charge in [-0.3, -0.25) is 0 Å². The first-order chi connectivity index (χ1) is 5.79. The molecule has 0 aliphatic heterocycles. The first kappa shape index (κ1) is 9.06. The summed E-state index contributed by atoms with van der Waals surface area (Å²) in [6, 6.07) is 0. The predicted molar refractivity (Wildman–Crippen MR) is 46.7 cm³/mol. The molecular weight excluding hydrogens is 152 g/mol. The quantitative estimate of drug-likeness (QED) is 0.648. The van der Waals surface area contributed by atoms with Crippen molar-refractivity contribution in [1.29, 1.82) is 0 Å². The molecule has 0 radical (unpaired) electrons. The van der Waals surface area contributed by atoms with E-state index in [2.05, 4.69) is 33.9 Å². The maximum Gasteiger partial charge on any atom is 0.131 e. The second kappa shape index (κ2) is 4.77. The van der Waals surface area contributed by atoms with Crippen LogP contribution in [0.5, 0.6) is 0 Å². The zero-order chi connectivity index (χ0) is 8.81. The summed E-state index contributed by atoms with van der Waals surface area (Å²) in [4.78, 5) is 14.0. The third-order valence-electron chi connectivity index (χ3n) is 1.55. The lowest BCUT2D eigenvalue weighted by Gasteiger charge is -2.07. The van der Waals surface area contributed by atoms with Crippen LogP contribution in [0.4, 0.5) is 0 Å². The van der Waals surface area contributed by atoms with Crippen molar-refractivity contribution < 1.29 is 0 Å². The average Bonchev–Trinajstić information content (AvgIpc) is 2.05. The average molecular weight is 166 g/mol. The molecule has 4 nitrogen and oxygen atoms in total. The summed E-state index contributed by atoms with van der Waals surface area (Å²) in [6.07, 6.45) is 5.10. The zero-order valence-corrected chi connectivity index (χ0v) is 7.56. The van der Waals surface area contributed by atoms with Gasteiger partial charge < -0.3 is 4.90 Å². The molecule has 0 fully saturated rings. The monoisotopic (exact) mass is 166 g/mol. The van der Waals surface area contributed by atoms with Gasteiger partial charge in [-0.1, -0.05) is 0 Å². The molecule has 4 heteroatoms. The Morgan fingerprint density at radius 3 is 2.50 bits per heavy atom. The summed E-state index contributed by atoms with van der Waals surface area (Å²) >= 11 is 0. The molecule has 12 heavy (non-hydrogen) atoms. The minimum Gasteiger partial charge on any atom is -0.309 e. The number of aromatic nitrogens is 3. The topological polar surface area (TPSA) is 41.9 Å². The Labute approximate surface area is 72.7 Å². The van der Waals surface area contributed by atoms with Crippen molar-refractivity contribution >= 4 is 0 Å². The van der Waals surface area contributed by atoms with Crippen molar-refractivity contribution in [1.82, 2.24) is 19.9 Å². The molecule has 0 N–H and O–H groups in total. The molecule has 0 aliphatic rings. The van der Waals surface area contributed by atoms with E-state index in [4.69, 9.17) is 0 Å². The van der Waals surface area contributed by atoms with E-state index in [1.165, 1.54) is 12.7 Å². The van der Waals surface area contributed by atoms with Gasteiger partial charge in [-0.2, -0.15) is 0 Å². The van der Waals surface area contributed by atoms with Gasteiger partial charge in [0.25, 0.3) is 0 Å². The number of nitrogens with zero attached hydrogens (tertiary/aromatic N) is 4. The molecule has 0 atom stereocenters. The standard InChI is InChI=1S/C8H14N4/c1-12(2)5-3-4-8-10-6-9-7-11-8/h6-7H,3-5H2,1-2H3. The van der Waals surface area contributed by atoms with E-state index in [0.29, 0.717) is 0 Å². The minimum atomic E-state index is 0.881. The summed E-state index contributed by atoms with van der Waals surface area (Å²) in [7, 11) is 4.13. The smallest absolute Gasteiger partial charge is 0.131 e. The van der Waals surface area contributed by atoms with Gasteiger partial charge in [0.05, 0.1) is 0 Å². The van der Waals surface area contributed by atoms with Crippen LogP contribution in [0.2, 0.25) is 0 Å². The van der Waals surface area contributed by atoms with Crippen molar-refractivity contribution in [2.75, 3.05) is 20.6 Å². The van der Waals surface area contributed by atoms with Crippen LogP contribution in [0, 0.1) is 0 Å². The van der Waals surface area contributed by atoms with Crippen molar-refractivity contribution in [2.24, 2.45) is 0 Å². The van der Waals surface area contributed by atoms with E-state index in [9.17, 15) is 0 Å². The van der Waals surface area contributed by atoms with E-state index in [1.54, 1.807) is 0 Å².